The zero-order valence-electron chi connectivity index (χ0n) is 15.6. The van der Waals surface area contributed by atoms with Crippen LogP contribution in [0.5, 0.6) is 0 Å². The maximum Gasteiger partial charge on any atom is 0.254 e. The first kappa shape index (κ1) is 17.4. The number of carbonyl (C=O) groups is 2. The van der Waals surface area contributed by atoms with Gasteiger partial charge in [0.1, 0.15) is 0 Å². The third-order valence-electron chi connectivity index (χ3n) is 5.91. The topological polar surface area (TPSA) is 40.6 Å². The molecule has 142 valence electrons. The summed E-state index contributed by atoms with van der Waals surface area (Å²) < 4.78 is 0. The molecule has 2 atom stereocenters. The number of benzene rings is 2. The molecular formula is C23H22N2O2S. The second-order valence-corrected chi connectivity index (χ2v) is 8.59. The molecule has 1 aromatic heterocycles. The third-order valence-corrected chi connectivity index (χ3v) is 6.92. The highest BCUT2D eigenvalue weighted by Crippen LogP contribution is 2.50. The number of nitrogens with zero attached hydrogens (tertiary/aromatic N) is 2. The number of fused-ring (bicyclic) bond motifs is 1. The van der Waals surface area contributed by atoms with E-state index in [1.807, 2.05) is 52.3 Å². The van der Waals surface area contributed by atoms with Gasteiger partial charge >= 0.3 is 0 Å². The molecule has 2 amide bonds. The molecule has 5 rings (SSSR count). The van der Waals surface area contributed by atoms with E-state index in [4.69, 9.17) is 0 Å². The van der Waals surface area contributed by atoms with Crippen molar-refractivity contribution in [2.45, 2.75) is 12.3 Å². The Kier molecular flexibility index (Phi) is 4.40. The summed E-state index contributed by atoms with van der Waals surface area (Å²) in [6.07, 6.45) is 0.967. The van der Waals surface area contributed by atoms with Gasteiger partial charge in [-0.1, -0.05) is 42.5 Å². The average molecular weight is 391 g/mol. The lowest BCUT2D eigenvalue weighted by atomic mass is 10.0. The van der Waals surface area contributed by atoms with Crippen LogP contribution in [0.4, 0.5) is 0 Å². The van der Waals surface area contributed by atoms with Gasteiger partial charge < -0.3 is 9.80 Å². The summed E-state index contributed by atoms with van der Waals surface area (Å²) in [5, 5.41) is 4.15. The molecule has 0 radical (unpaired) electrons. The summed E-state index contributed by atoms with van der Waals surface area (Å²) in [7, 11) is 0. The van der Waals surface area contributed by atoms with Crippen LogP contribution in [0, 0.1) is 5.92 Å². The maximum atomic E-state index is 13.1. The lowest BCUT2D eigenvalue weighted by molar-refractivity contribution is -0.134. The highest BCUT2D eigenvalue weighted by atomic mass is 32.1. The van der Waals surface area contributed by atoms with Crippen LogP contribution in [-0.2, 0) is 4.79 Å². The first-order valence-electron chi connectivity index (χ1n) is 9.81. The monoisotopic (exact) mass is 390 g/mol. The van der Waals surface area contributed by atoms with E-state index < -0.39 is 0 Å². The van der Waals surface area contributed by atoms with E-state index in [1.165, 1.54) is 4.88 Å². The summed E-state index contributed by atoms with van der Waals surface area (Å²) in [4.78, 5) is 31.0. The van der Waals surface area contributed by atoms with Crippen LogP contribution in [0.15, 0.2) is 60.0 Å². The minimum absolute atomic E-state index is 0.0618. The van der Waals surface area contributed by atoms with E-state index in [0.717, 1.165) is 22.8 Å². The minimum atomic E-state index is 0.0618. The molecule has 28 heavy (non-hydrogen) atoms. The Labute approximate surface area is 168 Å². The maximum absolute atomic E-state index is 13.1. The summed E-state index contributed by atoms with van der Waals surface area (Å²) in [5.41, 5.74) is 0.748. The Balaban J connectivity index is 1.23. The average Bonchev–Trinajstić information content (AvgIpc) is 3.36. The number of hydrogen-bond donors (Lipinski definition) is 0. The SMILES string of the molecule is O=C(c1cccc2ccccc12)N1CCN(C(=O)[C@H]2C[C@@H]2c2cccs2)CC1. The molecule has 0 unspecified atom stereocenters. The van der Waals surface area contributed by atoms with Gasteiger partial charge in [-0.3, -0.25) is 9.59 Å². The number of piperazine rings is 1. The van der Waals surface area contributed by atoms with Crippen molar-refractivity contribution >= 4 is 33.9 Å². The molecule has 1 saturated carbocycles. The predicted molar refractivity (Wildman–Crippen MR) is 112 cm³/mol. The molecule has 1 aliphatic heterocycles. The highest BCUT2D eigenvalue weighted by Gasteiger charge is 2.46. The van der Waals surface area contributed by atoms with Gasteiger partial charge in [-0.15, -0.1) is 11.3 Å². The molecule has 1 saturated heterocycles. The molecule has 2 fully saturated rings. The molecule has 0 N–H and O–H groups in total. The van der Waals surface area contributed by atoms with Crippen molar-refractivity contribution in [3.05, 3.63) is 70.4 Å². The zero-order chi connectivity index (χ0) is 19.1. The first-order valence-corrected chi connectivity index (χ1v) is 10.7. The lowest BCUT2D eigenvalue weighted by Crippen LogP contribution is -2.51. The number of carbonyl (C=O) groups excluding carboxylic acids is 2. The van der Waals surface area contributed by atoms with Gasteiger partial charge in [-0.2, -0.15) is 0 Å². The van der Waals surface area contributed by atoms with Gasteiger partial charge in [0.25, 0.3) is 5.91 Å². The number of thiophene rings is 1. The third kappa shape index (κ3) is 3.10. The van der Waals surface area contributed by atoms with Gasteiger partial charge in [0.15, 0.2) is 0 Å². The van der Waals surface area contributed by atoms with Crippen LogP contribution in [0.2, 0.25) is 0 Å². The minimum Gasteiger partial charge on any atom is -0.339 e. The second kappa shape index (κ2) is 7.06. The molecule has 1 aliphatic carbocycles. The normalized spacial score (nSPS) is 21.7. The smallest absolute Gasteiger partial charge is 0.254 e. The van der Waals surface area contributed by atoms with Crippen molar-refractivity contribution in [1.82, 2.24) is 9.80 Å². The van der Waals surface area contributed by atoms with Gasteiger partial charge in [0, 0.05) is 48.5 Å². The van der Waals surface area contributed by atoms with Gasteiger partial charge in [-0.25, -0.2) is 0 Å². The van der Waals surface area contributed by atoms with Crippen LogP contribution in [-0.4, -0.2) is 47.8 Å². The van der Waals surface area contributed by atoms with Crippen molar-refractivity contribution in [3.8, 4) is 0 Å². The lowest BCUT2D eigenvalue weighted by Gasteiger charge is -2.35. The first-order chi connectivity index (χ1) is 13.7. The van der Waals surface area contributed by atoms with E-state index in [2.05, 4.69) is 17.5 Å². The standard InChI is InChI=1S/C23H22N2O2S/c26-22(18-8-3-6-16-5-1-2-7-17(16)18)24-10-12-25(13-11-24)23(27)20-15-19(20)21-9-4-14-28-21/h1-9,14,19-20H,10-13,15H2/t19-,20-/m0/s1. The van der Waals surface area contributed by atoms with Gasteiger partial charge in [0.05, 0.1) is 0 Å². The summed E-state index contributed by atoms with van der Waals surface area (Å²) in [6, 6.07) is 18.0. The van der Waals surface area contributed by atoms with E-state index >= 15 is 0 Å². The van der Waals surface area contributed by atoms with Crippen LogP contribution in [0.1, 0.15) is 27.6 Å². The molecule has 4 nitrogen and oxygen atoms in total. The predicted octanol–water partition coefficient (Wildman–Crippen LogP) is 3.99. The molecule has 0 spiro atoms. The van der Waals surface area contributed by atoms with Crippen LogP contribution in [0.25, 0.3) is 10.8 Å². The Morgan fingerprint density at radius 3 is 2.39 bits per heavy atom. The molecule has 0 bridgehead atoms. The largest absolute Gasteiger partial charge is 0.339 e. The van der Waals surface area contributed by atoms with Crippen LogP contribution >= 0.6 is 11.3 Å². The van der Waals surface area contributed by atoms with Crippen LogP contribution in [0.3, 0.4) is 0 Å². The van der Waals surface area contributed by atoms with E-state index in [0.29, 0.717) is 32.1 Å². The van der Waals surface area contributed by atoms with Crippen molar-refractivity contribution in [2.24, 2.45) is 5.92 Å². The molecule has 2 heterocycles. The Bertz CT molecular complexity index is 1020. The fraction of sp³-hybridized carbons (Fsp3) is 0.304. The van der Waals surface area contributed by atoms with Crippen molar-refractivity contribution in [3.63, 3.8) is 0 Å². The number of hydrogen-bond acceptors (Lipinski definition) is 3. The second-order valence-electron chi connectivity index (χ2n) is 7.61. The van der Waals surface area contributed by atoms with E-state index in [1.54, 1.807) is 11.3 Å². The van der Waals surface area contributed by atoms with Crippen molar-refractivity contribution in [1.29, 1.82) is 0 Å². The van der Waals surface area contributed by atoms with Crippen LogP contribution < -0.4 is 0 Å². The van der Waals surface area contributed by atoms with Crippen molar-refractivity contribution < 1.29 is 9.59 Å². The molecule has 3 aromatic rings. The van der Waals surface area contributed by atoms with E-state index in [9.17, 15) is 9.59 Å². The quantitative estimate of drug-likeness (QED) is 0.678. The molecule has 2 aliphatic rings. The molecule has 5 heteroatoms. The molecule has 2 aromatic carbocycles. The van der Waals surface area contributed by atoms with E-state index in [-0.39, 0.29) is 17.7 Å². The fourth-order valence-corrected chi connectivity index (χ4v) is 5.14. The Morgan fingerprint density at radius 2 is 1.61 bits per heavy atom. The number of rotatable bonds is 3. The van der Waals surface area contributed by atoms with Crippen molar-refractivity contribution in [2.75, 3.05) is 26.2 Å². The fourth-order valence-electron chi connectivity index (χ4n) is 4.23. The summed E-state index contributed by atoms with van der Waals surface area (Å²) in [6.45, 7) is 2.46. The Hall–Kier alpha value is -2.66. The van der Waals surface area contributed by atoms with Gasteiger partial charge in [0.2, 0.25) is 5.91 Å². The Morgan fingerprint density at radius 1 is 0.857 bits per heavy atom. The van der Waals surface area contributed by atoms with Gasteiger partial charge in [-0.05, 0) is 34.7 Å². The zero-order valence-corrected chi connectivity index (χ0v) is 16.4. The summed E-state index contributed by atoms with van der Waals surface area (Å²) >= 11 is 1.74. The highest BCUT2D eigenvalue weighted by molar-refractivity contribution is 7.10. The number of amides is 2. The summed E-state index contributed by atoms with van der Waals surface area (Å²) in [5.74, 6) is 0.865. The molecular weight excluding hydrogens is 368 g/mol.